The molecule has 5 nitrogen and oxygen atoms in total. The van der Waals surface area contributed by atoms with Gasteiger partial charge in [-0.05, 0) is 49.4 Å². The second kappa shape index (κ2) is 9.12. The lowest BCUT2D eigenvalue weighted by Gasteiger charge is -2.26. The molecule has 0 amide bonds. The molecule has 158 valence electrons. The lowest BCUT2D eigenvalue weighted by atomic mass is 9.93. The SMILES string of the molecule is OC1CCC(Nc2nc(Cc3ccccc3)cc(Cc3nc4ccccc4s3)n2)CC1. The zero-order valence-electron chi connectivity index (χ0n) is 17.4. The Balaban J connectivity index is 1.41. The summed E-state index contributed by atoms with van der Waals surface area (Å²) in [5, 5.41) is 14.4. The van der Waals surface area contributed by atoms with Crippen molar-refractivity contribution < 1.29 is 5.11 Å². The number of hydrogen-bond acceptors (Lipinski definition) is 6. The molecule has 31 heavy (non-hydrogen) atoms. The zero-order chi connectivity index (χ0) is 21.0. The fourth-order valence-corrected chi connectivity index (χ4v) is 5.14. The van der Waals surface area contributed by atoms with Gasteiger partial charge in [-0.25, -0.2) is 15.0 Å². The van der Waals surface area contributed by atoms with Crippen LogP contribution in [-0.2, 0) is 12.8 Å². The van der Waals surface area contributed by atoms with E-state index in [-0.39, 0.29) is 6.10 Å². The second-order valence-electron chi connectivity index (χ2n) is 8.24. The highest BCUT2D eigenvalue weighted by Crippen LogP contribution is 2.25. The number of nitrogens with zero attached hydrogens (tertiary/aromatic N) is 3. The predicted octanol–water partition coefficient (Wildman–Crippen LogP) is 4.98. The van der Waals surface area contributed by atoms with Crippen LogP contribution in [0.4, 0.5) is 5.95 Å². The molecule has 1 fully saturated rings. The highest BCUT2D eigenvalue weighted by atomic mass is 32.1. The number of aromatic nitrogens is 3. The molecule has 4 aromatic rings. The van der Waals surface area contributed by atoms with Crippen molar-refractivity contribution in [1.82, 2.24) is 15.0 Å². The Morgan fingerprint density at radius 2 is 1.55 bits per heavy atom. The van der Waals surface area contributed by atoms with E-state index in [4.69, 9.17) is 15.0 Å². The zero-order valence-corrected chi connectivity index (χ0v) is 18.2. The number of hydrogen-bond donors (Lipinski definition) is 2. The van der Waals surface area contributed by atoms with E-state index in [1.807, 2.05) is 12.1 Å². The molecule has 0 unspecified atom stereocenters. The molecule has 2 heterocycles. The molecule has 0 aliphatic heterocycles. The minimum atomic E-state index is -0.169. The van der Waals surface area contributed by atoms with E-state index in [1.54, 1.807) is 11.3 Å². The molecule has 1 aliphatic rings. The largest absolute Gasteiger partial charge is 0.393 e. The van der Waals surface area contributed by atoms with E-state index < -0.39 is 0 Å². The number of aliphatic hydroxyl groups excluding tert-OH is 1. The van der Waals surface area contributed by atoms with Crippen molar-refractivity contribution >= 4 is 27.5 Å². The molecule has 6 heteroatoms. The lowest BCUT2D eigenvalue weighted by molar-refractivity contribution is 0.126. The van der Waals surface area contributed by atoms with Gasteiger partial charge in [0, 0.05) is 18.9 Å². The Hall–Kier alpha value is -2.83. The maximum atomic E-state index is 9.80. The van der Waals surface area contributed by atoms with Crippen LogP contribution in [0.15, 0.2) is 60.7 Å². The van der Waals surface area contributed by atoms with E-state index in [0.29, 0.717) is 18.4 Å². The molecular formula is C25H26N4OS. The Labute approximate surface area is 186 Å². The van der Waals surface area contributed by atoms with Crippen LogP contribution < -0.4 is 5.32 Å². The number of anilines is 1. The van der Waals surface area contributed by atoms with Crippen LogP contribution in [0.2, 0.25) is 0 Å². The van der Waals surface area contributed by atoms with Gasteiger partial charge in [0.05, 0.1) is 32.7 Å². The minimum Gasteiger partial charge on any atom is -0.393 e. The van der Waals surface area contributed by atoms with Gasteiger partial charge in [-0.1, -0.05) is 42.5 Å². The van der Waals surface area contributed by atoms with Crippen molar-refractivity contribution in [2.24, 2.45) is 0 Å². The Morgan fingerprint density at radius 1 is 0.839 bits per heavy atom. The summed E-state index contributed by atoms with van der Waals surface area (Å²) < 4.78 is 1.20. The Morgan fingerprint density at radius 3 is 2.32 bits per heavy atom. The van der Waals surface area contributed by atoms with E-state index in [9.17, 15) is 5.11 Å². The summed E-state index contributed by atoms with van der Waals surface area (Å²) in [6, 6.07) is 21.1. The standard InChI is InChI=1S/C25H26N4OS/c30-21-12-10-18(11-13-21)26-25-27-19(14-17-6-2-1-3-7-17)15-20(28-25)16-24-29-22-8-4-5-9-23(22)31-24/h1-9,15,18,21,30H,10-14,16H2,(H,26,27,28). The summed E-state index contributed by atoms with van der Waals surface area (Å²) >= 11 is 1.72. The first-order valence-electron chi connectivity index (χ1n) is 10.9. The fraction of sp³-hybridized carbons (Fsp3) is 0.320. The normalized spacial score (nSPS) is 18.9. The topological polar surface area (TPSA) is 70.9 Å². The lowest BCUT2D eigenvalue weighted by Crippen LogP contribution is -2.29. The molecule has 0 atom stereocenters. The second-order valence-corrected chi connectivity index (χ2v) is 9.35. The molecule has 2 aromatic carbocycles. The molecule has 5 rings (SSSR count). The number of aliphatic hydroxyl groups is 1. The molecule has 0 saturated heterocycles. The van der Waals surface area contributed by atoms with Gasteiger partial charge in [-0.15, -0.1) is 11.3 Å². The van der Waals surface area contributed by atoms with Crippen molar-refractivity contribution in [2.45, 2.75) is 50.7 Å². The molecular weight excluding hydrogens is 404 g/mol. The maximum Gasteiger partial charge on any atom is 0.223 e. The highest BCUT2D eigenvalue weighted by molar-refractivity contribution is 7.18. The van der Waals surface area contributed by atoms with Crippen molar-refractivity contribution in [1.29, 1.82) is 0 Å². The number of para-hydroxylation sites is 1. The molecule has 1 aliphatic carbocycles. The first-order chi connectivity index (χ1) is 15.2. The van der Waals surface area contributed by atoms with Crippen molar-refractivity contribution in [2.75, 3.05) is 5.32 Å². The van der Waals surface area contributed by atoms with Crippen LogP contribution in [0.5, 0.6) is 0 Å². The quantitative estimate of drug-likeness (QED) is 0.451. The van der Waals surface area contributed by atoms with Gasteiger partial charge in [-0.2, -0.15) is 0 Å². The van der Waals surface area contributed by atoms with Gasteiger partial charge in [0.1, 0.15) is 0 Å². The van der Waals surface area contributed by atoms with Gasteiger partial charge in [-0.3, -0.25) is 0 Å². The fourth-order valence-electron chi connectivity index (χ4n) is 4.16. The number of benzene rings is 2. The Kier molecular flexibility index (Phi) is 5.91. The van der Waals surface area contributed by atoms with Gasteiger partial charge in [0.25, 0.3) is 0 Å². The molecule has 2 N–H and O–H groups in total. The molecule has 2 aromatic heterocycles. The van der Waals surface area contributed by atoms with Gasteiger partial charge >= 0.3 is 0 Å². The molecule has 0 spiro atoms. The van der Waals surface area contributed by atoms with Crippen LogP contribution in [0.25, 0.3) is 10.2 Å². The van der Waals surface area contributed by atoms with Crippen molar-refractivity contribution in [3.05, 3.63) is 82.6 Å². The summed E-state index contributed by atoms with van der Waals surface area (Å²) in [5.41, 5.74) is 4.27. The predicted molar refractivity (Wildman–Crippen MR) is 126 cm³/mol. The molecule has 0 bridgehead atoms. The van der Waals surface area contributed by atoms with Crippen LogP contribution in [0.3, 0.4) is 0 Å². The summed E-state index contributed by atoms with van der Waals surface area (Å²) in [7, 11) is 0. The van der Waals surface area contributed by atoms with Gasteiger partial charge in [0.2, 0.25) is 5.95 Å². The van der Waals surface area contributed by atoms with E-state index >= 15 is 0 Å². The Bertz CT molecular complexity index is 1120. The van der Waals surface area contributed by atoms with Crippen LogP contribution >= 0.6 is 11.3 Å². The summed E-state index contributed by atoms with van der Waals surface area (Å²) in [5.74, 6) is 0.686. The number of rotatable bonds is 6. The third kappa shape index (κ3) is 5.09. The number of nitrogens with one attached hydrogen (secondary N) is 1. The van der Waals surface area contributed by atoms with Gasteiger partial charge < -0.3 is 10.4 Å². The van der Waals surface area contributed by atoms with Crippen molar-refractivity contribution in [3.63, 3.8) is 0 Å². The number of thiazole rings is 1. The molecule has 0 radical (unpaired) electrons. The van der Waals surface area contributed by atoms with E-state index in [0.717, 1.165) is 54.0 Å². The first-order valence-corrected chi connectivity index (χ1v) is 11.7. The highest BCUT2D eigenvalue weighted by Gasteiger charge is 2.20. The van der Waals surface area contributed by atoms with Crippen LogP contribution in [0, 0.1) is 0 Å². The summed E-state index contributed by atoms with van der Waals surface area (Å²) in [6.45, 7) is 0. The summed E-state index contributed by atoms with van der Waals surface area (Å²) in [4.78, 5) is 14.4. The maximum absolute atomic E-state index is 9.80. The third-order valence-electron chi connectivity index (χ3n) is 5.76. The minimum absolute atomic E-state index is 0.169. The van der Waals surface area contributed by atoms with E-state index in [1.165, 1.54) is 10.3 Å². The average molecular weight is 431 g/mol. The third-order valence-corrected chi connectivity index (χ3v) is 6.80. The van der Waals surface area contributed by atoms with E-state index in [2.05, 4.69) is 53.8 Å². The number of fused-ring (bicyclic) bond motifs is 1. The average Bonchev–Trinajstić information content (AvgIpc) is 3.18. The van der Waals surface area contributed by atoms with Crippen LogP contribution in [-0.4, -0.2) is 32.2 Å². The summed E-state index contributed by atoms with van der Waals surface area (Å²) in [6.07, 6.45) is 4.86. The van der Waals surface area contributed by atoms with Crippen molar-refractivity contribution in [3.8, 4) is 0 Å². The van der Waals surface area contributed by atoms with Gasteiger partial charge in [0.15, 0.2) is 0 Å². The smallest absolute Gasteiger partial charge is 0.223 e. The van der Waals surface area contributed by atoms with Crippen LogP contribution in [0.1, 0.15) is 47.6 Å². The monoisotopic (exact) mass is 430 g/mol. The molecule has 1 saturated carbocycles. The first kappa shape index (κ1) is 20.1.